The molecule has 1 aliphatic carbocycles. The maximum atomic E-state index is 12.5. The van der Waals surface area contributed by atoms with Crippen LogP contribution in [0.3, 0.4) is 0 Å². The molecule has 0 radical (unpaired) electrons. The maximum Gasteiger partial charge on any atom is 0.175 e. The van der Waals surface area contributed by atoms with Crippen molar-refractivity contribution in [3.8, 4) is 0 Å². The molecular weight excluding hydrogens is 280 g/mol. The van der Waals surface area contributed by atoms with Gasteiger partial charge in [0.2, 0.25) is 0 Å². The highest BCUT2D eigenvalue weighted by molar-refractivity contribution is 6.10. The fourth-order valence-corrected chi connectivity index (χ4v) is 3.06. The van der Waals surface area contributed by atoms with Gasteiger partial charge in [0.25, 0.3) is 0 Å². The van der Waals surface area contributed by atoms with E-state index in [0.29, 0.717) is 0 Å². The Kier molecular flexibility index (Phi) is 3.20. The number of ether oxygens (including phenoxy) is 1. The molecular formula is C18H18O4. The predicted molar refractivity (Wildman–Crippen MR) is 81.0 cm³/mol. The van der Waals surface area contributed by atoms with Crippen molar-refractivity contribution in [1.82, 2.24) is 0 Å². The van der Waals surface area contributed by atoms with Crippen LogP contribution in [0.15, 0.2) is 53.0 Å². The van der Waals surface area contributed by atoms with Crippen molar-refractivity contribution in [2.75, 3.05) is 0 Å². The summed E-state index contributed by atoms with van der Waals surface area (Å²) < 4.78 is 6.00. The number of aliphatic hydroxyl groups excluding tert-OH is 1. The second-order valence-electron chi connectivity index (χ2n) is 6.28. The van der Waals surface area contributed by atoms with Gasteiger partial charge < -0.3 is 9.84 Å². The molecule has 0 saturated heterocycles. The number of aliphatic hydroxyl groups is 1. The second-order valence-corrected chi connectivity index (χ2v) is 6.28. The van der Waals surface area contributed by atoms with Gasteiger partial charge in [-0.05, 0) is 26.3 Å². The van der Waals surface area contributed by atoms with E-state index in [1.165, 1.54) is 0 Å². The Balaban J connectivity index is 2.11. The first-order valence-corrected chi connectivity index (χ1v) is 7.28. The minimum atomic E-state index is -0.950. The number of Topliss-reactive ketones (excluding diaryl/α,β-unsaturated/α-hetero) is 2. The van der Waals surface area contributed by atoms with Crippen LogP contribution < -0.4 is 0 Å². The molecule has 22 heavy (non-hydrogen) atoms. The van der Waals surface area contributed by atoms with Crippen molar-refractivity contribution in [1.29, 1.82) is 0 Å². The minimum absolute atomic E-state index is 0.157. The molecule has 0 aromatic heterocycles. The third kappa shape index (κ3) is 1.98. The highest BCUT2D eigenvalue weighted by Crippen LogP contribution is 2.46. The van der Waals surface area contributed by atoms with Crippen LogP contribution >= 0.6 is 0 Å². The lowest BCUT2D eigenvalue weighted by Crippen LogP contribution is -2.39. The van der Waals surface area contributed by atoms with Gasteiger partial charge in [-0.1, -0.05) is 30.3 Å². The molecule has 1 atom stereocenters. The third-order valence-corrected chi connectivity index (χ3v) is 4.38. The monoisotopic (exact) mass is 298 g/mol. The van der Waals surface area contributed by atoms with Crippen molar-refractivity contribution < 1.29 is 19.4 Å². The molecule has 0 bridgehead atoms. The molecule has 1 N–H and O–H groups in total. The zero-order chi connectivity index (χ0) is 16.1. The molecule has 1 aromatic rings. The highest BCUT2D eigenvalue weighted by Gasteiger charge is 2.47. The Labute approximate surface area is 129 Å². The molecule has 1 aromatic carbocycles. The van der Waals surface area contributed by atoms with Crippen LogP contribution in [0.4, 0.5) is 0 Å². The molecule has 114 valence electrons. The van der Waals surface area contributed by atoms with Crippen LogP contribution in [0.5, 0.6) is 0 Å². The SMILES string of the molecule is CC1=C(O)C2=C(OC(c3ccccc3)CC2=O)C(C)(C)C1=O. The van der Waals surface area contributed by atoms with Gasteiger partial charge in [0.15, 0.2) is 11.6 Å². The molecule has 3 rings (SSSR count). The fraction of sp³-hybridized carbons (Fsp3) is 0.333. The highest BCUT2D eigenvalue weighted by atomic mass is 16.5. The van der Waals surface area contributed by atoms with Crippen LogP contribution in [0.25, 0.3) is 0 Å². The summed E-state index contributed by atoms with van der Waals surface area (Å²) in [5.74, 6) is -0.362. The first-order chi connectivity index (χ1) is 10.3. The van der Waals surface area contributed by atoms with E-state index in [9.17, 15) is 14.7 Å². The van der Waals surface area contributed by atoms with E-state index in [1.54, 1.807) is 20.8 Å². The quantitative estimate of drug-likeness (QED) is 0.863. The third-order valence-electron chi connectivity index (χ3n) is 4.38. The first kappa shape index (κ1) is 14.6. The number of benzene rings is 1. The van der Waals surface area contributed by atoms with E-state index >= 15 is 0 Å². The van der Waals surface area contributed by atoms with Crippen molar-refractivity contribution in [3.63, 3.8) is 0 Å². The summed E-state index contributed by atoms with van der Waals surface area (Å²) in [5.41, 5.74) is 0.318. The zero-order valence-corrected chi connectivity index (χ0v) is 12.8. The van der Waals surface area contributed by atoms with E-state index in [0.717, 1.165) is 5.56 Å². The summed E-state index contributed by atoms with van der Waals surface area (Å²) in [5, 5.41) is 10.2. The lowest BCUT2D eigenvalue weighted by Gasteiger charge is -2.38. The summed E-state index contributed by atoms with van der Waals surface area (Å²) in [6, 6.07) is 9.44. The van der Waals surface area contributed by atoms with Crippen LogP contribution in [0.1, 0.15) is 38.9 Å². The van der Waals surface area contributed by atoms with Gasteiger partial charge >= 0.3 is 0 Å². The lowest BCUT2D eigenvalue weighted by molar-refractivity contribution is -0.127. The van der Waals surface area contributed by atoms with Crippen LogP contribution in [0.2, 0.25) is 0 Å². The Morgan fingerprint density at radius 1 is 1.18 bits per heavy atom. The number of hydrogen-bond donors (Lipinski definition) is 1. The smallest absolute Gasteiger partial charge is 0.175 e. The molecule has 0 amide bonds. The largest absolute Gasteiger partial charge is 0.507 e. The van der Waals surface area contributed by atoms with Gasteiger partial charge in [-0.25, -0.2) is 0 Å². The Bertz CT molecular complexity index is 723. The minimum Gasteiger partial charge on any atom is -0.507 e. The average Bonchev–Trinajstić information content (AvgIpc) is 2.51. The maximum absolute atomic E-state index is 12.5. The van der Waals surface area contributed by atoms with E-state index in [4.69, 9.17) is 4.74 Å². The number of hydrogen-bond acceptors (Lipinski definition) is 4. The molecule has 1 unspecified atom stereocenters. The molecule has 2 aliphatic rings. The number of carbonyl (C=O) groups is 2. The van der Waals surface area contributed by atoms with Gasteiger partial charge in [0.1, 0.15) is 17.6 Å². The standard InChI is InChI=1S/C18H18O4/c1-10-15(20)14-12(19)9-13(11-7-5-4-6-8-11)22-17(14)18(2,3)16(10)21/h4-8,13,20H,9H2,1-3H3. The summed E-state index contributed by atoms with van der Waals surface area (Å²) in [6.07, 6.45) is -0.268. The van der Waals surface area contributed by atoms with Gasteiger partial charge in [-0.2, -0.15) is 0 Å². The summed E-state index contributed by atoms with van der Waals surface area (Å²) in [6.45, 7) is 4.99. The van der Waals surface area contributed by atoms with E-state index in [1.807, 2.05) is 30.3 Å². The van der Waals surface area contributed by atoms with Crippen molar-refractivity contribution in [2.45, 2.75) is 33.3 Å². The Morgan fingerprint density at radius 2 is 1.82 bits per heavy atom. The van der Waals surface area contributed by atoms with Crippen LogP contribution in [-0.4, -0.2) is 16.7 Å². The fourth-order valence-electron chi connectivity index (χ4n) is 3.06. The molecule has 1 heterocycles. The van der Waals surface area contributed by atoms with E-state index in [-0.39, 0.29) is 40.7 Å². The summed E-state index contributed by atoms with van der Waals surface area (Å²) >= 11 is 0. The Hall–Kier alpha value is -2.36. The van der Waals surface area contributed by atoms with Crippen molar-refractivity contribution in [3.05, 3.63) is 58.6 Å². The normalized spacial score (nSPS) is 24.2. The van der Waals surface area contributed by atoms with Crippen molar-refractivity contribution >= 4 is 11.6 Å². The van der Waals surface area contributed by atoms with E-state index < -0.39 is 11.5 Å². The van der Waals surface area contributed by atoms with E-state index in [2.05, 4.69) is 0 Å². The van der Waals surface area contributed by atoms with Gasteiger partial charge in [0, 0.05) is 5.57 Å². The molecule has 0 saturated carbocycles. The number of allylic oxidation sites excluding steroid dienone is 3. The molecule has 4 heteroatoms. The molecule has 1 aliphatic heterocycles. The number of ketones is 2. The zero-order valence-electron chi connectivity index (χ0n) is 12.8. The Morgan fingerprint density at radius 3 is 2.45 bits per heavy atom. The molecule has 0 spiro atoms. The molecule has 0 fully saturated rings. The van der Waals surface area contributed by atoms with Gasteiger partial charge in [-0.15, -0.1) is 0 Å². The second kappa shape index (κ2) is 4.83. The first-order valence-electron chi connectivity index (χ1n) is 7.28. The van der Waals surface area contributed by atoms with Gasteiger partial charge in [-0.3, -0.25) is 9.59 Å². The predicted octanol–water partition coefficient (Wildman–Crippen LogP) is 3.41. The number of carbonyl (C=O) groups excluding carboxylic acids is 2. The van der Waals surface area contributed by atoms with Crippen LogP contribution in [-0.2, 0) is 14.3 Å². The molecule has 4 nitrogen and oxygen atoms in total. The van der Waals surface area contributed by atoms with Gasteiger partial charge in [0.05, 0.1) is 17.4 Å². The van der Waals surface area contributed by atoms with Crippen LogP contribution in [0, 0.1) is 5.41 Å². The average molecular weight is 298 g/mol. The number of rotatable bonds is 1. The summed E-state index contributed by atoms with van der Waals surface area (Å²) in [4.78, 5) is 24.9. The summed E-state index contributed by atoms with van der Waals surface area (Å²) in [7, 11) is 0. The lowest BCUT2D eigenvalue weighted by atomic mass is 9.73. The van der Waals surface area contributed by atoms with Crippen molar-refractivity contribution in [2.24, 2.45) is 5.41 Å². The topological polar surface area (TPSA) is 63.6 Å².